The van der Waals surface area contributed by atoms with Crippen molar-refractivity contribution in [1.82, 2.24) is 10.3 Å². The van der Waals surface area contributed by atoms with Crippen molar-refractivity contribution in [2.24, 2.45) is 0 Å². The summed E-state index contributed by atoms with van der Waals surface area (Å²) in [5.41, 5.74) is 3.48. The Morgan fingerprint density at radius 2 is 2.00 bits per heavy atom. The maximum Gasteiger partial charge on any atom is 0.251 e. The van der Waals surface area contributed by atoms with E-state index in [1.807, 2.05) is 56.3 Å². The smallest absolute Gasteiger partial charge is 0.251 e. The van der Waals surface area contributed by atoms with Crippen molar-refractivity contribution in [3.63, 3.8) is 0 Å². The first-order valence-electron chi connectivity index (χ1n) is 6.03. The molecule has 1 amide bonds. The van der Waals surface area contributed by atoms with Gasteiger partial charge in [-0.1, -0.05) is 18.2 Å². The number of nitrogens with one attached hydrogen (secondary N) is 1. The first kappa shape index (κ1) is 12.3. The SMILES string of the molecule is CCNC(=O)c1cccc(-c2cccc(C)n2)c1. The van der Waals surface area contributed by atoms with Gasteiger partial charge >= 0.3 is 0 Å². The first-order chi connectivity index (χ1) is 8.70. The Kier molecular flexibility index (Phi) is 3.72. The Labute approximate surface area is 107 Å². The monoisotopic (exact) mass is 240 g/mol. The van der Waals surface area contributed by atoms with Gasteiger partial charge in [0.1, 0.15) is 0 Å². The van der Waals surface area contributed by atoms with Gasteiger partial charge in [0.05, 0.1) is 5.69 Å². The molecule has 0 spiro atoms. The van der Waals surface area contributed by atoms with Crippen LogP contribution in [-0.2, 0) is 0 Å². The van der Waals surface area contributed by atoms with Crippen molar-refractivity contribution in [2.45, 2.75) is 13.8 Å². The van der Waals surface area contributed by atoms with Crippen LogP contribution in [0.2, 0.25) is 0 Å². The van der Waals surface area contributed by atoms with Crippen LogP contribution >= 0.6 is 0 Å². The number of carbonyl (C=O) groups excluding carboxylic acids is 1. The van der Waals surface area contributed by atoms with E-state index in [1.165, 1.54) is 0 Å². The van der Waals surface area contributed by atoms with Gasteiger partial charge in [0.15, 0.2) is 0 Å². The normalized spacial score (nSPS) is 10.1. The fraction of sp³-hybridized carbons (Fsp3) is 0.200. The van der Waals surface area contributed by atoms with E-state index in [9.17, 15) is 4.79 Å². The first-order valence-corrected chi connectivity index (χ1v) is 6.03. The van der Waals surface area contributed by atoms with Gasteiger partial charge < -0.3 is 5.32 Å². The summed E-state index contributed by atoms with van der Waals surface area (Å²) >= 11 is 0. The number of amides is 1. The number of hydrogen-bond acceptors (Lipinski definition) is 2. The third kappa shape index (κ3) is 2.74. The predicted molar refractivity (Wildman–Crippen MR) is 72.4 cm³/mol. The lowest BCUT2D eigenvalue weighted by Gasteiger charge is -2.05. The van der Waals surface area contributed by atoms with Crippen LogP contribution < -0.4 is 5.32 Å². The Morgan fingerprint density at radius 3 is 2.72 bits per heavy atom. The summed E-state index contributed by atoms with van der Waals surface area (Å²) in [7, 11) is 0. The molecule has 0 unspecified atom stereocenters. The second kappa shape index (κ2) is 5.45. The molecule has 1 aromatic heterocycles. The molecule has 0 aliphatic heterocycles. The maximum atomic E-state index is 11.8. The van der Waals surface area contributed by atoms with Crippen LogP contribution in [0.25, 0.3) is 11.3 Å². The molecule has 0 bridgehead atoms. The molecule has 0 saturated heterocycles. The average Bonchev–Trinajstić information content (AvgIpc) is 2.39. The zero-order chi connectivity index (χ0) is 13.0. The van der Waals surface area contributed by atoms with E-state index < -0.39 is 0 Å². The molecule has 1 N–H and O–H groups in total. The molecule has 0 fully saturated rings. The fourth-order valence-electron chi connectivity index (χ4n) is 1.79. The Morgan fingerprint density at radius 1 is 1.22 bits per heavy atom. The summed E-state index contributed by atoms with van der Waals surface area (Å²) in [6.07, 6.45) is 0. The quantitative estimate of drug-likeness (QED) is 0.896. The molecular formula is C15H16N2O. The highest BCUT2D eigenvalue weighted by atomic mass is 16.1. The third-order valence-corrected chi connectivity index (χ3v) is 2.65. The van der Waals surface area contributed by atoms with Gasteiger partial charge in [0.2, 0.25) is 0 Å². The second-order valence-electron chi connectivity index (χ2n) is 4.10. The molecule has 92 valence electrons. The van der Waals surface area contributed by atoms with E-state index in [-0.39, 0.29) is 5.91 Å². The van der Waals surface area contributed by atoms with E-state index in [0.717, 1.165) is 17.0 Å². The van der Waals surface area contributed by atoms with E-state index in [1.54, 1.807) is 0 Å². The molecule has 0 radical (unpaired) electrons. The summed E-state index contributed by atoms with van der Waals surface area (Å²) in [6, 6.07) is 13.4. The number of pyridine rings is 1. The van der Waals surface area contributed by atoms with E-state index in [0.29, 0.717) is 12.1 Å². The van der Waals surface area contributed by atoms with Gasteiger partial charge in [-0.25, -0.2) is 0 Å². The van der Waals surface area contributed by atoms with Crippen LogP contribution in [-0.4, -0.2) is 17.4 Å². The second-order valence-corrected chi connectivity index (χ2v) is 4.10. The molecule has 3 heteroatoms. The maximum absolute atomic E-state index is 11.8. The van der Waals surface area contributed by atoms with E-state index in [4.69, 9.17) is 0 Å². The third-order valence-electron chi connectivity index (χ3n) is 2.65. The molecule has 2 aromatic rings. The zero-order valence-corrected chi connectivity index (χ0v) is 10.6. The Balaban J connectivity index is 2.35. The van der Waals surface area contributed by atoms with Crippen LogP contribution in [0.15, 0.2) is 42.5 Å². The zero-order valence-electron chi connectivity index (χ0n) is 10.6. The van der Waals surface area contributed by atoms with Crippen LogP contribution in [0.3, 0.4) is 0 Å². The van der Waals surface area contributed by atoms with E-state index >= 15 is 0 Å². The number of benzene rings is 1. The number of rotatable bonds is 3. The molecule has 1 heterocycles. The molecule has 0 aliphatic rings. The van der Waals surface area contributed by atoms with Gasteiger partial charge in [-0.05, 0) is 38.1 Å². The van der Waals surface area contributed by atoms with Gasteiger partial charge in [0, 0.05) is 23.4 Å². The lowest BCUT2D eigenvalue weighted by atomic mass is 10.1. The number of hydrogen-bond donors (Lipinski definition) is 1. The summed E-state index contributed by atoms with van der Waals surface area (Å²) < 4.78 is 0. The Hall–Kier alpha value is -2.16. The van der Waals surface area contributed by atoms with E-state index in [2.05, 4.69) is 10.3 Å². The van der Waals surface area contributed by atoms with Crippen LogP contribution in [0.4, 0.5) is 0 Å². The summed E-state index contributed by atoms with van der Waals surface area (Å²) in [5, 5.41) is 2.79. The highest BCUT2D eigenvalue weighted by Gasteiger charge is 2.06. The van der Waals surface area contributed by atoms with Gasteiger partial charge in [0.25, 0.3) is 5.91 Å². The number of aromatic nitrogens is 1. The molecule has 2 rings (SSSR count). The van der Waals surface area contributed by atoms with Crippen molar-refractivity contribution in [3.8, 4) is 11.3 Å². The standard InChI is InChI=1S/C15H16N2O/c1-3-16-15(18)13-8-5-7-12(10-13)14-9-4-6-11(2)17-14/h4-10H,3H2,1-2H3,(H,16,18). The number of nitrogens with zero attached hydrogens (tertiary/aromatic N) is 1. The molecule has 3 nitrogen and oxygen atoms in total. The minimum absolute atomic E-state index is 0.0491. The molecular weight excluding hydrogens is 224 g/mol. The van der Waals surface area contributed by atoms with Gasteiger partial charge in [-0.15, -0.1) is 0 Å². The van der Waals surface area contributed by atoms with Crippen LogP contribution in [0.1, 0.15) is 23.0 Å². The topological polar surface area (TPSA) is 42.0 Å². The van der Waals surface area contributed by atoms with Gasteiger partial charge in [-0.3, -0.25) is 9.78 Å². The number of carbonyl (C=O) groups is 1. The highest BCUT2D eigenvalue weighted by Crippen LogP contribution is 2.18. The Bertz CT molecular complexity index is 564. The van der Waals surface area contributed by atoms with Crippen LogP contribution in [0, 0.1) is 6.92 Å². The van der Waals surface area contributed by atoms with Gasteiger partial charge in [-0.2, -0.15) is 0 Å². The minimum atomic E-state index is -0.0491. The fourth-order valence-corrected chi connectivity index (χ4v) is 1.79. The van der Waals surface area contributed by atoms with Crippen molar-refractivity contribution in [3.05, 3.63) is 53.7 Å². The predicted octanol–water partition coefficient (Wildman–Crippen LogP) is 2.81. The summed E-state index contributed by atoms with van der Waals surface area (Å²) in [4.78, 5) is 16.2. The molecule has 0 aliphatic carbocycles. The molecule has 1 aromatic carbocycles. The lowest BCUT2D eigenvalue weighted by molar-refractivity contribution is 0.0956. The van der Waals surface area contributed by atoms with Crippen molar-refractivity contribution in [1.29, 1.82) is 0 Å². The van der Waals surface area contributed by atoms with Crippen LogP contribution in [0.5, 0.6) is 0 Å². The minimum Gasteiger partial charge on any atom is -0.352 e. The van der Waals surface area contributed by atoms with Crippen molar-refractivity contribution < 1.29 is 4.79 Å². The molecule has 0 saturated carbocycles. The largest absolute Gasteiger partial charge is 0.352 e. The summed E-state index contributed by atoms with van der Waals surface area (Å²) in [6.45, 7) is 4.49. The van der Waals surface area contributed by atoms with Crippen molar-refractivity contribution in [2.75, 3.05) is 6.54 Å². The lowest BCUT2D eigenvalue weighted by Crippen LogP contribution is -2.22. The molecule has 0 atom stereocenters. The summed E-state index contributed by atoms with van der Waals surface area (Å²) in [5.74, 6) is -0.0491. The van der Waals surface area contributed by atoms with Crippen molar-refractivity contribution >= 4 is 5.91 Å². The number of aryl methyl sites for hydroxylation is 1. The highest BCUT2D eigenvalue weighted by molar-refractivity contribution is 5.95. The molecule has 18 heavy (non-hydrogen) atoms. The average molecular weight is 240 g/mol.